The third kappa shape index (κ3) is 3.96. The first-order valence-corrected chi connectivity index (χ1v) is 6.41. The summed E-state index contributed by atoms with van der Waals surface area (Å²) in [4.78, 5) is 12.9. The van der Waals surface area contributed by atoms with Crippen molar-refractivity contribution in [3.63, 3.8) is 0 Å². The Balaban J connectivity index is 3.15. The van der Waals surface area contributed by atoms with Crippen LogP contribution in [-0.4, -0.2) is 33.2 Å². The summed E-state index contributed by atoms with van der Waals surface area (Å²) in [6, 6.07) is 5.23. The maximum absolute atomic E-state index is 11.0. The quantitative estimate of drug-likeness (QED) is 0.878. The summed E-state index contributed by atoms with van der Waals surface area (Å²) >= 11 is 0. The number of benzene rings is 1. The largest absolute Gasteiger partial charge is 0.508 e. The van der Waals surface area contributed by atoms with Gasteiger partial charge in [0.05, 0.1) is 6.54 Å². The molecule has 0 radical (unpaired) electrons. The molecule has 0 saturated carbocycles. The highest BCUT2D eigenvalue weighted by Gasteiger charge is 2.30. The minimum atomic E-state index is -0.867. The summed E-state index contributed by atoms with van der Waals surface area (Å²) in [6.07, 6.45) is 0. The number of rotatable bonds is 4. The van der Waals surface area contributed by atoms with E-state index >= 15 is 0 Å². The van der Waals surface area contributed by atoms with Crippen LogP contribution < -0.4 is 0 Å². The van der Waals surface area contributed by atoms with Gasteiger partial charge in [0.1, 0.15) is 5.75 Å². The molecule has 19 heavy (non-hydrogen) atoms. The molecule has 1 aromatic carbocycles. The SMILES string of the molecule is Cc1ccc(O)c(C(C)N(CC(=O)O)C(C)(C)C)c1. The average molecular weight is 265 g/mol. The van der Waals surface area contributed by atoms with Gasteiger partial charge in [0.25, 0.3) is 0 Å². The lowest BCUT2D eigenvalue weighted by atomic mass is 9.97. The van der Waals surface area contributed by atoms with Gasteiger partial charge in [-0.3, -0.25) is 9.69 Å². The van der Waals surface area contributed by atoms with E-state index < -0.39 is 5.97 Å². The fourth-order valence-corrected chi connectivity index (χ4v) is 2.28. The Morgan fingerprint density at radius 1 is 1.37 bits per heavy atom. The second kappa shape index (κ2) is 5.61. The molecule has 0 amide bonds. The molecule has 2 N–H and O–H groups in total. The number of hydrogen-bond acceptors (Lipinski definition) is 3. The molecule has 0 bridgehead atoms. The highest BCUT2D eigenvalue weighted by Crippen LogP contribution is 2.33. The molecule has 0 aromatic heterocycles. The Morgan fingerprint density at radius 2 is 1.95 bits per heavy atom. The first-order chi connectivity index (χ1) is 8.62. The van der Waals surface area contributed by atoms with E-state index in [9.17, 15) is 9.90 Å². The van der Waals surface area contributed by atoms with E-state index in [1.165, 1.54) is 0 Å². The predicted octanol–water partition coefficient (Wildman–Crippen LogP) is 2.95. The van der Waals surface area contributed by atoms with Crippen LogP contribution in [0, 0.1) is 6.92 Å². The van der Waals surface area contributed by atoms with Crippen LogP contribution in [0.1, 0.15) is 44.9 Å². The van der Waals surface area contributed by atoms with E-state index in [1.807, 2.05) is 51.7 Å². The van der Waals surface area contributed by atoms with E-state index in [0.717, 1.165) is 11.1 Å². The molecule has 4 heteroatoms. The molecule has 1 aromatic rings. The van der Waals surface area contributed by atoms with Crippen molar-refractivity contribution in [2.75, 3.05) is 6.54 Å². The van der Waals surface area contributed by atoms with Crippen molar-refractivity contribution in [1.29, 1.82) is 0 Å². The molecular weight excluding hydrogens is 242 g/mol. The van der Waals surface area contributed by atoms with Crippen molar-refractivity contribution in [3.05, 3.63) is 29.3 Å². The van der Waals surface area contributed by atoms with E-state index in [0.29, 0.717) is 0 Å². The van der Waals surface area contributed by atoms with Crippen LogP contribution in [0.2, 0.25) is 0 Å². The fraction of sp³-hybridized carbons (Fsp3) is 0.533. The number of hydrogen-bond donors (Lipinski definition) is 2. The molecule has 0 spiro atoms. The standard InChI is InChI=1S/C15H23NO3/c1-10-6-7-13(17)12(8-10)11(2)16(9-14(18)19)15(3,4)5/h6-8,11,17H,9H2,1-5H3,(H,18,19). The third-order valence-electron chi connectivity index (χ3n) is 3.27. The lowest BCUT2D eigenvalue weighted by Crippen LogP contribution is -2.45. The zero-order valence-corrected chi connectivity index (χ0v) is 12.3. The smallest absolute Gasteiger partial charge is 0.317 e. The van der Waals surface area contributed by atoms with E-state index in [1.54, 1.807) is 6.07 Å². The maximum atomic E-state index is 11.0. The minimum absolute atomic E-state index is 0.0575. The summed E-state index contributed by atoms with van der Waals surface area (Å²) in [5.41, 5.74) is 1.51. The number of phenolic OH excluding ortho intramolecular Hbond substituents is 1. The molecule has 0 heterocycles. The van der Waals surface area contributed by atoms with Gasteiger partial charge in [0.2, 0.25) is 0 Å². The Labute approximate surface area is 114 Å². The number of nitrogens with zero attached hydrogens (tertiary/aromatic N) is 1. The first kappa shape index (κ1) is 15.5. The number of aryl methyl sites for hydroxylation is 1. The van der Waals surface area contributed by atoms with E-state index in [-0.39, 0.29) is 23.9 Å². The monoisotopic (exact) mass is 265 g/mol. The van der Waals surface area contributed by atoms with Crippen LogP contribution in [0.5, 0.6) is 5.75 Å². The maximum Gasteiger partial charge on any atom is 0.317 e. The van der Waals surface area contributed by atoms with Crippen molar-refractivity contribution in [1.82, 2.24) is 4.90 Å². The summed E-state index contributed by atoms with van der Waals surface area (Å²) in [6.45, 7) is 9.73. The fourth-order valence-electron chi connectivity index (χ4n) is 2.28. The van der Waals surface area contributed by atoms with Gasteiger partial charge in [-0.05, 0) is 40.7 Å². The second-order valence-electron chi connectivity index (χ2n) is 5.93. The molecule has 0 fully saturated rings. The summed E-state index contributed by atoms with van der Waals surface area (Å²) in [5, 5.41) is 19.0. The molecule has 106 valence electrons. The second-order valence-corrected chi connectivity index (χ2v) is 5.93. The van der Waals surface area contributed by atoms with Crippen LogP contribution >= 0.6 is 0 Å². The van der Waals surface area contributed by atoms with Crippen molar-refractivity contribution >= 4 is 5.97 Å². The van der Waals surface area contributed by atoms with Crippen molar-refractivity contribution in [2.45, 2.75) is 46.2 Å². The molecule has 1 atom stereocenters. The first-order valence-electron chi connectivity index (χ1n) is 6.41. The van der Waals surface area contributed by atoms with Crippen LogP contribution in [0.25, 0.3) is 0 Å². The molecule has 0 aliphatic rings. The number of aliphatic carboxylic acids is 1. The topological polar surface area (TPSA) is 60.8 Å². The van der Waals surface area contributed by atoms with Crippen molar-refractivity contribution in [2.24, 2.45) is 0 Å². The molecule has 1 rings (SSSR count). The van der Waals surface area contributed by atoms with Crippen molar-refractivity contribution in [3.8, 4) is 5.75 Å². The number of carbonyl (C=O) groups is 1. The number of phenols is 1. The zero-order chi connectivity index (χ0) is 14.8. The summed E-state index contributed by atoms with van der Waals surface area (Å²) in [7, 11) is 0. The number of carboxylic acids is 1. The van der Waals surface area contributed by atoms with Crippen LogP contribution in [-0.2, 0) is 4.79 Å². The molecule has 4 nitrogen and oxygen atoms in total. The van der Waals surface area contributed by atoms with Crippen LogP contribution in [0.4, 0.5) is 0 Å². The van der Waals surface area contributed by atoms with E-state index in [2.05, 4.69) is 0 Å². The normalized spacial score (nSPS) is 13.6. The Bertz CT molecular complexity index is 463. The molecule has 1 unspecified atom stereocenters. The van der Waals surface area contributed by atoms with Gasteiger partial charge >= 0.3 is 5.97 Å². The minimum Gasteiger partial charge on any atom is -0.508 e. The molecule has 0 aliphatic heterocycles. The lowest BCUT2D eigenvalue weighted by Gasteiger charge is -2.39. The zero-order valence-electron chi connectivity index (χ0n) is 12.3. The highest BCUT2D eigenvalue weighted by molar-refractivity contribution is 5.69. The van der Waals surface area contributed by atoms with Gasteiger partial charge in [-0.25, -0.2) is 0 Å². The Hall–Kier alpha value is -1.55. The van der Waals surface area contributed by atoms with Gasteiger partial charge in [-0.1, -0.05) is 17.7 Å². The van der Waals surface area contributed by atoms with Gasteiger partial charge < -0.3 is 10.2 Å². The van der Waals surface area contributed by atoms with Gasteiger partial charge in [-0.2, -0.15) is 0 Å². The van der Waals surface area contributed by atoms with Crippen LogP contribution in [0.3, 0.4) is 0 Å². The predicted molar refractivity (Wildman–Crippen MR) is 75.4 cm³/mol. The van der Waals surface area contributed by atoms with Gasteiger partial charge in [0.15, 0.2) is 0 Å². The highest BCUT2D eigenvalue weighted by atomic mass is 16.4. The average Bonchev–Trinajstić information content (AvgIpc) is 2.26. The molecule has 0 saturated heterocycles. The van der Waals surface area contributed by atoms with Gasteiger partial charge in [0, 0.05) is 17.1 Å². The summed E-state index contributed by atoms with van der Waals surface area (Å²) in [5.74, 6) is -0.661. The molecular formula is C15H23NO3. The Kier molecular flexibility index (Phi) is 4.58. The Morgan fingerprint density at radius 3 is 2.42 bits per heavy atom. The third-order valence-corrected chi connectivity index (χ3v) is 3.27. The summed E-state index contributed by atoms with van der Waals surface area (Å²) < 4.78 is 0. The van der Waals surface area contributed by atoms with Crippen molar-refractivity contribution < 1.29 is 15.0 Å². The van der Waals surface area contributed by atoms with Crippen LogP contribution in [0.15, 0.2) is 18.2 Å². The van der Waals surface area contributed by atoms with Gasteiger partial charge in [-0.15, -0.1) is 0 Å². The number of aromatic hydroxyl groups is 1. The molecule has 0 aliphatic carbocycles. The number of carboxylic acid groups (broad SMARTS) is 1. The lowest BCUT2D eigenvalue weighted by molar-refractivity contribution is -0.140. The van der Waals surface area contributed by atoms with E-state index in [4.69, 9.17) is 5.11 Å².